The summed E-state index contributed by atoms with van der Waals surface area (Å²) in [6, 6.07) is 0. The molecule has 0 aromatic heterocycles. The molecule has 0 aliphatic heterocycles. The normalized spacial score (nSPS) is 14.9. The van der Waals surface area contributed by atoms with E-state index in [-0.39, 0.29) is 11.5 Å². The molecule has 0 N–H and O–H groups in total. The van der Waals surface area contributed by atoms with Gasteiger partial charge in [-0.1, -0.05) is 83.5 Å². The summed E-state index contributed by atoms with van der Waals surface area (Å²) >= 11 is 0. The first kappa shape index (κ1) is 40.6. The van der Waals surface area contributed by atoms with Crippen molar-refractivity contribution in [2.24, 2.45) is 0 Å². The van der Waals surface area contributed by atoms with E-state index in [0.29, 0.717) is 24.3 Å². The van der Waals surface area contributed by atoms with E-state index in [1.807, 2.05) is 0 Å². The van der Waals surface area contributed by atoms with Gasteiger partial charge in [0, 0.05) is 57.5 Å². The van der Waals surface area contributed by atoms with Crippen molar-refractivity contribution in [1.82, 2.24) is 0 Å². The van der Waals surface area contributed by atoms with Gasteiger partial charge < -0.3 is 0 Å². The minimum Gasteiger partial charge on any atom is -0.260 e. The Labute approximate surface area is 243 Å². The molecule has 2 unspecified atom stereocenters. The molecule has 0 spiro atoms. The monoisotopic (exact) mass is 656 g/mol. The second kappa shape index (κ2) is 21.3. The van der Waals surface area contributed by atoms with Crippen LogP contribution in [0.2, 0.25) is 0 Å². The largest absolute Gasteiger partial charge is 0.453 e. The molecular weight excluding hydrogens is 610 g/mol. The van der Waals surface area contributed by atoms with E-state index in [4.69, 9.17) is 0 Å². The van der Waals surface area contributed by atoms with Crippen molar-refractivity contribution in [2.45, 2.75) is 146 Å². The number of unbranched alkanes of at least 4 members (excludes halogenated alkanes) is 14. The molecule has 2 atom stereocenters. The van der Waals surface area contributed by atoms with Crippen LogP contribution in [0.3, 0.4) is 0 Å². The van der Waals surface area contributed by atoms with Gasteiger partial charge >= 0.3 is 24.2 Å². The van der Waals surface area contributed by atoms with E-state index in [9.17, 15) is 52.3 Å². The third-order valence-electron chi connectivity index (χ3n) is 6.80. The van der Waals surface area contributed by atoms with Crippen LogP contribution in [-0.2, 0) is 21.6 Å². The fourth-order valence-corrected chi connectivity index (χ4v) is 6.62. The fourth-order valence-electron chi connectivity index (χ4n) is 4.22. The van der Waals surface area contributed by atoms with E-state index in [2.05, 4.69) is 0 Å². The summed E-state index contributed by atoms with van der Waals surface area (Å²) in [5.74, 6) is -9.07. The minimum atomic E-state index is -5.56. The zero-order valence-corrected chi connectivity index (χ0v) is 25.3. The van der Waals surface area contributed by atoms with E-state index < -0.39 is 71.5 Å². The molecule has 0 aliphatic rings. The SMILES string of the molecule is O=S(CCCCCCCCCCCCCCCCCS(=O)CCCC(F)(F)C(F)(F)F)CCCC(F)(F)C(F)(F)F. The van der Waals surface area contributed by atoms with Gasteiger partial charge in [-0.25, -0.2) is 0 Å². The van der Waals surface area contributed by atoms with Crippen molar-refractivity contribution in [2.75, 3.05) is 23.0 Å². The van der Waals surface area contributed by atoms with Crippen LogP contribution in [-0.4, -0.2) is 55.6 Å². The van der Waals surface area contributed by atoms with E-state index in [1.165, 1.54) is 0 Å². The maximum Gasteiger partial charge on any atom is 0.453 e. The second-order valence-electron chi connectivity index (χ2n) is 10.6. The average molecular weight is 657 g/mol. The first-order chi connectivity index (χ1) is 19.0. The Morgan fingerprint density at radius 3 is 0.732 bits per heavy atom. The molecule has 41 heavy (non-hydrogen) atoms. The highest BCUT2D eigenvalue weighted by Gasteiger charge is 2.57. The van der Waals surface area contributed by atoms with Crippen LogP contribution >= 0.6 is 0 Å². The van der Waals surface area contributed by atoms with Crippen LogP contribution in [0.15, 0.2) is 0 Å². The molecule has 0 aromatic carbocycles. The standard InChI is InChI=1S/C27H46F10O2S2/c28-24(29,26(32,33)34)18-16-22-40(38)20-14-12-10-8-6-4-2-1-3-5-7-9-11-13-15-21-41(39)23-17-19-25(30,31)27(35,36)37/h1-23H2. The first-order valence-corrected chi connectivity index (χ1v) is 17.6. The number of alkyl halides is 10. The van der Waals surface area contributed by atoms with Crippen molar-refractivity contribution in [3.05, 3.63) is 0 Å². The molecule has 0 heterocycles. The number of hydrogen-bond donors (Lipinski definition) is 0. The van der Waals surface area contributed by atoms with Crippen molar-refractivity contribution in [3.63, 3.8) is 0 Å². The van der Waals surface area contributed by atoms with Crippen molar-refractivity contribution in [3.8, 4) is 0 Å². The summed E-state index contributed by atoms with van der Waals surface area (Å²) in [5.41, 5.74) is 0. The van der Waals surface area contributed by atoms with Crippen LogP contribution in [0.1, 0.15) is 122 Å². The quantitative estimate of drug-likeness (QED) is 0.0686. The molecule has 0 fully saturated rings. The van der Waals surface area contributed by atoms with Gasteiger partial charge in [0.15, 0.2) is 0 Å². The Hall–Kier alpha value is -0.400. The molecule has 0 radical (unpaired) electrons. The van der Waals surface area contributed by atoms with Gasteiger partial charge in [-0.2, -0.15) is 43.9 Å². The van der Waals surface area contributed by atoms with Crippen molar-refractivity contribution >= 4 is 21.6 Å². The number of halogens is 10. The highest BCUT2D eigenvalue weighted by molar-refractivity contribution is 7.85. The van der Waals surface area contributed by atoms with E-state index in [1.54, 1.807) is 0 Å². The zero-order chi connectivity index (χ0) is 31.4. The molecule has 0 saturated carbocycles. The summed E-state index contributed by atoms with van der Waals surface area (Å²) in [7, 11) is -2.74. The van der Waals surface area contributed by atoms with Crippen molar-refractivity contribution in [1.29, 1.82) is 0 Å². The lowest BCUT2D eigenvalue weighted by Gasteiger charge is -2.19. The summed E-state index contributed by atoms with van der Waals surface area (Å²) in [6.07, 6.45) is 0.419. The summed E-state index contributed by atoms with van der Waals surface area (Å²) in [5, 5.41) is 0. The summed E-state index contributed by atoms with van der Waals surface area (Å²) in [6.45, 7) is 0. The molecule has 14 heteroatoms. The van der Waals surface area contributed by atoms with Crippen LogP contribution < -0.4 is 0 Å². The Morgan fingerprint density at radius 1 is 0.317 bits per heavy atom. The van der Waals surface area contributed by atoms with Gasteiger partial charge in [-0.05, 0) is 25.7 Å². The lowest BCUT2D eigenvalue weighted by molar-refractivity contribution is -0.284. The summed E-state index contributed by atoms with van der Waals surface area (Å²) < 4.78 is 147. The van der Waals surface area contributed by atoms with E-state index >= 15 is 0 Å². The molecule has 0 amide bonds. The lowest BCUT2D eigenvalue weighted by Crippen LogP contribution is -2.36. The van der Waals surface area contributed by atoms with Gasteiger partial charge in [-0.3, -0.25) is 8.42 Å². The molecule has 0 aliphatic carbocycles. The molecular formula is C27H46F10O2S2. The van der Waals surface area contributed by atoms with Crippen molar-refractivity contribution < 1.29 is 52.3 Å². The third-order valence-corrected chi connectivity index (χ3v) is 9.78. The first-order valence-electron chi connectivity index (χ1n) is 14.6. The highest BCUT2D eigenvalue weighted by Crippen LogP contribution is 2.39. The predicted molar refractivity (Wildman–Crippen MR) is 145 cm³/mol. The molecule has 2 nitrogen and oxygen atoms in total. The van der Waals surface area contributed by atoms with Gasteiger partial charge in [0.05, 0.1) is 0 Å². The smallest absolute Gasteiger partial charge is 0.260 e. The lowest BCUT2D eigenvalue weighted by atomic mass is 10.0. The number of rotatable bonds is 26. The molecule has 0 saturated heterocycles. The van der Waals surface area contributed by atoms with Crippen LogP contribution in [0, 0.1) is 0 Å². The Balaban J connectivity index is 3.43. The molecule has 248 valence electrons. The Kier molecular flexibility index (Phi) is 21.1. The third kappa shape index (κ3) is 21.0. The topological polar surface area (TPSA) is 34.1 Å². The minimum absolute atomic E-state index is 0.138. The molecule has 0 bridgehead atoms. The zero-order valence-electron chi connectivity index (χ0n) is 23.7. The highest BCUT2D eigenvalue weighted by atomic mass is 32.2. The predicted octanol–water partition coefficient (Wildman–Crippen LogP) is 10.3. The average Bonchev–Trinajstić information content (AvgIpc) is 2.84. The van der Waals surface area contributed by atoms with Crippen LogP contribution in [0.5, 0.6) is 0 Å². The Morgan fingerprint density at radius 2 is 0.512 bits per heavy atom. The molecule has 0 rings (SSSR count). The van der Waals surface area contributed by atoms with Gasteiger partial charge in [-0.15, -0.1) is 0 Å². The van der Waals surface area contributed by atoms with E-state index in [0.717, 1.165) is 83.5 Å². The fraction of sp³-hybridized carbons (Fsp3) is 1.00. The van der Waals surface area contributed by atoms with Crippen LogP contribution in [0.25, 0.3) is 0 Å². The second-order valence-corrected chi connectivity index (χ2v) is 14.0. The summed E-state index contributed by atoms with van der Waals surface area (Å²) in [4.78, 5) is 0. The maximum atomic E-state index is 12.8. The van der Waals surface area contributed by atoms with Gasteiger partial charge in [0.2, 0.25) is 0 Å². The van der Waals surface area contributed by atoms with Gasteiger partial charge in [0.1, 0.15) is 0 Å². The van der Waals surface area contributed by atoms with Gasteiger partial charge in [0.25, 0.3) is 0 Å². The maximum absolute atomic E-state index is 12.8. The Bertz CT molecular complexity index is 655. The molecule has 0 aromatic rings. The number of hydrogen-bond acceptors (Lipinski definition) is 2. The van der Waals surface area contributed by atoms with Crippen LogP contribution in [0.4, 0.5) is 43.9 Å².